The third kappa shape index (κ3) is 4.75. The summed E-state index contributed by atoms with van der Waals surface area (Å²) in [7, 11) is -4.38. The fraction of sp³-hybridized carbons (Fsp3) is 0.133. The van der Waals surface area contributed by atoms with Crippen LogP contribution in [0, 0.1) is 10.1 Å². The molecule has 10 heteroatoms. The van der Waals surface area contributed by atoms with E-state index in [1.54, 1.807) is 30.3 Å². The lowest BCUT2D eigenvalue weighted by Gasteiger charge is -2.15. The molecule has 0 aliphatic carbocycles. The molecule has 8 nitrogen and oxygen atoms in total. The van der Waals surface area contributed by atoms with Gasteiger partial charge in [0.05, 0.1) is 9.95 Å². The lowest BCUT2D eigenvalue weighted by atomic mass is 10.1. The van der Waals surface area contributed by atoms with E-state index in [9.17, 15) is 28.4 Å². The first-order chi connectivity index (χ1) is 11.7. The molecule has 1 unspecified atom stereocenters. The number of nitro groups is 1. The van der Waals surface area contributed by atoms with E-state index in [0.29, 0.717) is 5.56 Å². The quantitative estimate of drug-likeness (QED) is 0.556. The SMILES string of the molecule is O=C(O)C(Cc1ccccc1)NS(=O)(=O)c1cc([N+](=O)[O-])ccc1Cl. The Morgan fingerprint density at radius 1 is 1.24 bits per heavy atom. The third-order valence-electron chi connectivity index (χ3n) is 3.29. The molecule has 1 atom stereocenters. The van der Waals surface area contributed by atoms with Crippen molar-refractivity contribution in [2.45, 2.75) is 17.4 Å². The van der Waals surface area contributed by atoms with Crippen molar-refractivity contribution in [2.24, 2.45) is 0 Å². The van der Waals surface area contributed by atoms with Crippen molar-refractivity contribution in [2.75, 3.05) is 0 Å². The zero-order valence-corrected chi connectivity index (χ0v) is 14.2. The fourth-order valence-corrected chi connectivity index (χ4v) is 3.80. The zero-order valence-electron chi connectivity index (χ0n) is 12.6. The minimum absolute atomic E-state index is 0.0953. The molecular formula is C15H13ClN2O6S. The summed E-state index contributed by atoms with van der Waals surface area (Å²) < 4.78 is 26.9. The van der Waals surface area contributed by atoms with Crippen molar-refractivity contribution < 1.29 is 23.2 Å². The summed E-state index contributed by atoms with van der Waals surface area (Å²) in [5, 5.41) is 19.9. The fourth-order valence-electron chi connectivity index (χ4n) is 2.09. The molecule has 25 heavy (non-hydrogen) atoms. The maximum absolute atomic E-state index is 12.5. The number of hydrogen-bond acceptors (Lipinski definition) is 5. The van der Waals surface area contributed by atoms with Gasteiger partial charge in [0, 0.05) is 12.1 Å². The van der Waals surface area contributed by atoms with Crippen LogP contribution in [0.1, 0.15) is 5.56 Å². The van der Waals surface area contributed by atoms with Gasteiger partial charge in [-0.25, -0.2) is 8.42 Å². The lowest BCUT2D eigenvalue weighted by molar-refractivity contribution is -0.385. The number of aliphatic carboxylic acids is 1. The van der Waals surface area contributed by atoms with Crippen LogP contribution < -0.4 is 4.72 Å². The van der Waals surface area contributed by atoms with Gasteiger partial charge in [0.2, 0.25) is 10.0 Å². The minimum atomic E-state index is -4.38. The Kier molecular flexibility index (Phi) is 5.73. The molecule has 2 aromatic carbocycles. The lowest BCUT2D eigenvalue weighted by Crippen LogP contribution is -2.42. The number of nitro benzene ring substituents is 1. The average molecular weight is 385 g/mol. The van der Waals surface area contributed by atoms with Crippen LogP contribution in [0.2, 0.25) is 5.02 Å². The number of rotatable bonds is 7. The van der Waals surface area contributed by atoms with E-state index in [-0.39, 0.29) is 11.4 Å². The highest BCUT2D eigenvalue weighted by atomic mass is 35.5. The second-order valence-corrected chi connectivity index (χ2v) is 7.16. The first-order valence-electron chi connectivity index (χ1n) is 6.93. The summed E-state index contributed by atoms with van der Waals surface area (Å²) in [4.78, 5) is 20.9. The van der Waals surface area contributed by atoms with E-state index < -0.39 is 37.5 Å². The second kappa shape index (κ2) is 7.60. The number of carbonyl (C=O) groups is 1. The summed E-state index contributed by atoms with van der Waals surface area (Å²) in [6, 6.07) is 9.90. The van der Waals surface area contributed by atoms with Gasteiger partial charge in [-0.15, -0.1) is 0 Å². The molecule has 0 saturated carbocycles. The van der Waals surface area contributed by atoms with E-state index in [0.717, 1.165) is 18.2 Å². The van der Waals surface area contributed by atoms with Gasteiger partial charge in [0.25, 0.3) is 5.69 Å². The summed E-state index contributed by atoms with van der Waals surface area (Å²) in [5.74, 6) is -1.38. The number of non-ortho nitro benzene ring substituents is 1. The Morgan fingerprint density at radius 2 is 1.88 bits per heavy atom. The van der Waals surface area contributed by atoms with Gasteiger partial charge in [-0.1, -0.05) is 41.9 Å². The smallest absolute Gasteiger partial charge is 0.322 e. The maximum Gasteiger partial charge on any atom is 0.322 e. The Labute approximate surface area is 148 Å². The Balaban J connectivity index is 2.33. The number of carboxylic acids is 1. The molecule has 0 aliphatic heterocycles. The number of sulfonamides is 1. The molecule has 0 saturated heterocycles. The van der Waals surface area contributed by atoms with E-state index >= 15 is 0 Å². The predicted octanol–water partition coefficient (Wildman–Crippen LogP) is 2.22. The summed E-state index contributed by atoms with van der Waals surface area (Å²) in [5.41, 5.74) is 0.141. The molecule has 0 heterocycles. The molecule has 2 N–H and O–H groups in total. The number of hydrogen-bond donors (Lipinski definition) is 2. The highest BCUT2D eigenvalue weighted by Gasteiger charge is 2.28. The number of halogens is 1. The molecule has 0 amide bonds. The largest absolute Gasteiger partial charge is 0.480 e. The van der Waals surface area contributed by atoms with Crippen molar-refractivity contribution in [3.05, 3.63) is 69.2 Å². The Hall–Kier alpha value is -2.49. The van der Waals surface area contributed by atoms with Gasteiger partial charge >= 0.3 is 5.97 Å². The Bertz CT molecular complexity index is 901. The van der Waals surface area contributed by atoms with E-state index in [2.05, 4.69) is 0 Å². The second-order valence-electron chi connectivity index (χ2n) is 5.07. The van der Waals surface area contributed by atoms with Crippen LogP contribution in [0.15, 0.2) is 53.4 Å². The molecule has 2 aromatic rings. The first-order valence-corrected chi connectivity index (χ1v) is 8.80. The topological polar surface area (TPSA) is 127 Å². The highest BCUT2D eigenvalue weighted by Crippen LogP contribution is 2.26. The average Bonchev–Trinajstić information content (AvgIpc) is 2.55. The maximum atomic E-state index is 12.5. The molecule has 0 spiro atoms. The van der Waals surface area contributed by atoms with E-state index in [1.165, 1.54) is 0 Å². The first kappa shape index (κ1) is 18.8. The van der Waals surface area contributed by atoms with Gasteiger partial charge in [-0.05, 0) is 18.1 Å². The van der Waals surface area contributed by atoms with Crippen molar-refractivity contribution in [3.8, 4) is 0 Å². The van der Waals surface area contributed by atoms with E-state index in [1.807, 2.05) is 4.72 Å². The molecule has 0 aromatic heterocycles. The standard InChI is InChI=1S/C15H13ClN2O6S/c16-12-7-6-11(18(21)22)9-14(12)25(23,24)17-13(15(19)20)8-10-4-2-1-3-5-10/h1-7,9,13,17H,8H2,(H,19,20). The third-order valence-corrected chi connectivity index (χ3v) is 5.25. The molecule has 132 valence electrons. The number of nitrogens with one attached hydrogen (secondary N) is 1. The van der Waals surface area contributed by atoms with Gasteiger partial charge in [-0.2, -0.15) is 4.72 Å². The monoisotopic (exact) mass is 384 g/mol. The van der Waals surface area contributed by atoms with Crippen LogP contribution in [0.4, 0.5) is 5.69 Å². The molecule has 0 bridgehead atoms. The molecule has 0 aliphatic rings. The van der Waals surface area contributed by atoms with Gasteiger partial charge in [0.15, 0.2) is 0 Å². The predicted molar refractivity (Wildman–Crippen MR) is 90.0 cm³/mol. The molecular weight excluding hydrogens is 372 g/mol. The van der Waals surface area contributed by atoms with Crippen molar-refractivity contribution in [1.29, 1.82) is 0 Å². The van der Waals surface area contributed by atoms with Crippen LogP contribution in [0.3, 0.4) is 0 Å². The van der Waals surface area contributed by atoms with Crippen LogP contribution in [0.5, 0.6) is 0 Å². The highest BCUT2D eigenvalue weighted by molar-refractivity contribution is 7.89. The molecule has 0 fully saturated rings. The summed E-state index contributed by atoms with van der Waals surface area (Å²) in [6.45, 7) is 0. The van der Waals surface area contributed by atoms with Crippen molar-refractivity contribution in [1.82, 2.24) is 4.72 Å². The van der Waals surface area contributed by atoms with Crippen LogP contribution in [0.25, 0.3) is 0 Å². The van der Waals surface area contributed by atoms with Crippen molar-refractivity contribution in [3.63, 3.8) is 0 Å². The van der Waals surface area contributed by atoms with Crippen LogP contribution >= 0.6 is 11.6 Å². The number of carboxylic acid groups (broad SMARTS) is 1. The molecule has 2 rings (SSSR count). The van der Waals surface area contributed by atoms with Crippen LogP contribution in [-0.2, 0) is 21.2 Å². The number of benzene rings is 2. The summed E-state index contributed by atoms with van der Waals surface area (Å²) >= 11 is 5.82. The zero-order chi connectivity index (χ0) is 18.6. The van der Waals surface area contributed by atoms with E-state index in [4.69, 9.17) is 11.6 Å². The van der Waals surface area contributed by atoms with Crippen molar-refractivity contribution >= 4 is 33.3 Å². The summed E-state index contributed by atoms with van der Waals surface area (Å²) in [6.07, 6.45) is -0.0953. The van der Waals surface area contributed by atoms with Gasteiger partial charge < -0.3 is 5.11 Å². The number of nitrogens with zero attached hydrogens (tertiary/aromatic N) is 1. The van der Waals surface area contributed by atoms with Gasteiger partial charge in [0.1, 0.15) is 10.9 Å². The molecule has 0 radical (unpaired) electrons. The van der Waals surface area contributed by atoms with Gasteiger partial charge in [-0.3, -0.25) is 14.9 Å². The Morgan fingerprint density at radius 3 is 2.44 bits per heavy atom. The van der Waals surface area contributed by atoms with Crippen LogP contribution in [-0.4, -0.2) is 30.5 Å². The normalized spacial score (nSPS) is 12.5. The minimum Gasteiger partial charge on any atom is -0.480 e.